The number of rotatable bonds is 4. The van der Waals surface area contributed by atoms with Crippen LogP contribution in [0.5, 0.6) is 0 Å². The zero-order valence-electron chi connectivity index (χ0n) is 10.8. The van der Waals surface area contributed by atoms with Crippen molar-refractivity contribution in [3.05, 3.63) is 41.1 Å². The van der Waals surface area contributed by atoms with Crippen LogP contribution in [0.2, 0.25) is 0 Å². The van der Waals surface area contributed by atoms with Gasteiger partial charge in [-0.15, -0.1) is 0 Å². The normalized spacial score (nSPS) is 10.7. The minimum Gasteiger partial charge on any atom is -0.462 e. The Morgan fingerprint density at radius 1 is 1.50 bits per heavy atom. The summed E-state index contributed by atoms with van der Waals surface area (Å²) in [5.41, 5.74) is 3.04. The molecule has 0 aromatic heterocycles. The average Bonchev–Trinajstić information content (AvgIpc) is 2.35. The van der Waals surface area contributed by atoms with Gasteiger partial charge in [0, 0.05) is 11.9 Å². The third kappa shape index (κ3) is 3.36. The summed E-state index contributed by atoms with van der Waals surface area (Å²) in [5, 5.41) is 11.8. The fourth-order valence-corrected chi connectivity index (χ4v) is 1.40. The number of carbonyl (C=O) groups excluding carboxylic acids is 1. The highest BCUT2D eigenvalue weighted by atomic mass is 16.5. The number of esters is 1. The standard InChI is InChI=1S/C14H16N2O2/c1-4-18-14(17)12(8-15)9-16-13-7-5-6-10(2)11(13)3/h5-7,9,16H,4H2,1-3H3/b12-9-. The van der Waals surface area contributed by atoms with Crippen LogP contribution in [-0.2, 0) is 9.53 Å². The van der Waals surface area contributed by atoms with Crippen LogP contribution in [0.15, 0.2) is 30.0 Å². The number of anilines is 1. The number of nitrogens with zero attached hydrogens (tertiary/aromatic N) is 1. The second-order valence-corrected chi connectivity index (χ2v) is 3.78. The van der Waals surface area contributed by atoms with Crippen molar-refractivity contribution in [3.8, 4) is 6.07 Å². The molecule has 0 atom stereocenters. The Balaban J connectivity index is 2.87. The highest BCUT2D eigenvalue weighted by Crippen LogP contribution is 2.18. The molecule has 0 heterocycles. The number of nitrogens with one attached hydrogen (secondary N) is 1. The maximum absolute atomic E-state index is 11.4. The quantitative estimate of drug-likeness (QED) is 0.502. The third-order valence-electron chi connectivity index (χ3n) is 2.59. The number of ether oxygens (including phenoxy) is 1. The fraction of sp³-hybridized carbons (Fsp3) is 0.286. The zero-order chi connectivity index (χ0) is 13.5. The van der Waals surface area contributed by atoms with Crippen LogP contribution < -0.4 is 5.32 Å². The number of nitriles is 1. The fourth-order valence-electron chi connectivity index (χ4n) is 1.40. The van der Waals surface area contributed by atoms with Gasteiger partial charge in [-0.25, -0.2) is 4.79 Å². The number of aryl methyl sites for hydroxylation is 1. The Bertz CT molecular complexity index is 513. The number of hydrogen-bond acceptors (Lipinski definition) is 4. The Labute approximate surface area is 107 Å². The van der Waals surface area contributed by atoms with Crippen LogP contribution in [0.25, 0.3) is 0 Å². The van der Waals surface area contributed by atoms with E-state index in [1.54, 1.807) is 6.92 Å². The van der Waals surface area contributed by atoms with E-state index in [2.05, 4.69) is 5.32 Å². The zero-order valence-corrected chi connectivity index (χ0v) is 10.8. The van der Waals surface area contributed by atoms with Gasteiger partial charge in [0.2, 0.25) is 0 Å². The van der Waals surface area contributed by atoms with E-state index >= 15 is 0 Å². The molecule has 0 amide bonds. The molecule has 4 nitrogen and oxygen atoms in total. The minimum atomic E-state index is -0.613. The Kier molecular flexibility index (Phi) is 4.94. The molecule has 0 spiro atoms. The molecule has 1 N–H and O–H groups in total. The summed E-state index contributed by atoms with van der Waals surface area (Å²) in [5.74, 6) is -0.613. The van der Waals surface area contributed by atoms with Gasteiger partial charge in [0.25, 0.3) is 0 Å². The van der Waals surface area contributed by atoms with E-state index in [1.807, 2.05) is 38.1 Å². The van der Waals surface area contributed by atoms with Crippen molar-refractivity contribution in [3.63, 3.8) is 0 Å². The van der Waals surface area contributed by atoms with E-state index in [9.17, 15) is 4.79 Å². The van der Waals surface area contributed by atoms with Crippen molar-refractivity contribution in [1.82, 2.24) is 0 Å². The van der Waals surface area contributed by atoms with Crippen LogP contribution in [0.1, 0.15) is 18.1 Å². The molecule has 0 bridgehead atoms. The van der Waals surface area contributed by atoms with E-state index in [1.165, 1.54) is 6.20 Å². The first kappa shape index (κ1) is 13.8. The van der Waals surface area contributed by atoms with Gasteiger partial charge in [-0.2, -0.15) is 5.26 Å². The first-order chi connectivity index (χ1) is 8.60. The highest BCUT2D eigenvalue weighted by molar-refractivity contribution is 5.93. The molecule has 94 valence electrons. The average molecular weight is 244 g/mol. The Morgan fingerprint density at radius 2 is 2.22 bits per heavy atom. The van der Waals surface area contributed by atoms with Crippen molar-refractivity contribution in [1.29, 1.82) is 5.26 Å². The lowest BCUT2D eigenvalue weighted by molar-refractivity contribution is -0.138. The van der Waals surface area contributed by atoms with Crippen molar-refractivity contribution < 1.29 is 9.53 Å². The molecule has 0 radical (unpaired) electrons. The van der Waals surface area contributed by atoms with E-state index in [-0.39, 0.29) is 12.2 Å². The van der Waals surface area contributed by atoms with Gasteiger partial charge in [-0.05, 0) is 38.0 Å². The van der Waals surface area contributed by atoms with Crippen molar-refractivity contribution >= 4 is 11.7 Å². The van der Waals surface area contributed by atoms with E-state index < -0.39 is 5.97 Å². The Hall–Kier alpha value is -2.28. The maximum atomic E-state index is 11.4. The summed E-state index contributed by atoms with van der Waals surface area (Å²) in [4.78, 5) is 11.4. The van der Waals surface area contributed by atoms with Crippen molar-refractivity contribution in [2.75, 3.05) is 11.9 Å². The predicted octanol–water partition coefficient (Wildman–Crippen LogP) is 2.69. The highest BCUT2D eigenvalue weighted by Gasteiger charge is 2.09. The number of hydrogen-bond donors (Lipinski definition) is 1. The van der Waals surface area contributed by atoms with Gasteiger partial charge in [-0.3, -0.25) is 0 Å². The molecule has 0 saturated carbocycles. The van der Waals surface area contributed by atoms with Crippen LogP contribution in [-0.4, -0.2) is 12.6 Å². The Morgan fingerprint density at radius 3 is 2.83 bits per heavy atom. The minimum absolute atomic E-state index is 0.0437. The predicted molar refractivity (Wildman–Crippen MR) is 69.9 cm³/mol. The largest absolute Gasteiger partial charge is 0.462 e. The van der Waals surface area contributed by atoms with Crippen LogP contribution in [0.4, 0.5) is 5.69 Å². The van der Waals surface area contributed by atoms with Gasteiger partial charge in [0.05, 0.1) is 6.61 Å². The van der Waals surface area contributed by atoms with E-state index in [4.69, 9.17) is 10.00 Å². The lowest BCUT2D eigenvalue weighted by atomic mass is 10.1. The SMILES string of the molecule is CCOC(=O)/C(C#N)=C\Nc1cccc(C)c1C. The van der Waals surface area contributed by atoms with Crippen molar-refractivity contribution in [2.24, 2.45) is 0 Å². The van der Waals surface area contributed by atoms with Crippen molar-refractivity contribution in [2.45, 2.75) is 20.8 Å². The summed E-state index contributed by atoms with van der Waals surface area (Å²) in [6, 6.07) is 7.62. The molecule has 0 fully saturated rings. The molecule has 0 unspecified atom stereocenters. The van der Waals surface area contributed by atoms with Gasteiger partial charge in [0.1, 0.15) is 6.07 Å². The smallest absolute Gasteiger partial charge is 0.350 e. The molecular weight excluding hydrogens is 228 g/mol. The molecule has 0 aliphatic carbocycles. The topological polar surface area (TPSA) is 62.1 Å². The molecule has 18 heavy (non-hydrogen) atoms. The van der Waals surface area contributed by atoms with E-state index in [0.717, 1.165) is 16.8 Å². The summed E-state index contributed by atoms with van der Waals surface area (Å²) >= 11 is 0. The number of benzene rings is 1. The molecule has 0 aliphatic heterocycles. The summed E-state index contributed by atoms with van der Waals surface area (Å²) in [6.07, 6.45) is 1.37. The third-order valence-corrected chi connectivity index (χ3v) is 2.59. The molecule has 1 aromatic carbocycles. The first-order valence-electron chi connectivity index (χ1n) is 5.70. The summed E-state index contributed by atoms with van der Waals surface area (Å²) < 4.78 is 4.77. The molecule has 1 aromatic rings. The molecular formula is C14H16N2O2. The van der Waals surface area contributed by atoms with Crippen LogP contribution >= 0.6 is 0 Å². The van der Waals surface area contributed by atoms with Gasteiger partial charge < -0.3 is 10.1 Å². The molecule has 0 aliphatic rings. The van der Waals surface area contributed by atoms with Gasteiger partial charge in [-0.1, -0.05) is 12.1 Å². The maximum Gasteiger partial charge on any atom is 0.350 e. The van der Waals surface area contributed by atoms with Gasteiger partial charge in [0.15, 0.2) is 5.57 Å². The molecule has 1 rings (SSSR count). The molecule has 4 heteroatoms. The number of carbonyl (C=O) groups is 1. The summed E-state index contributed by atoms with van der Waals surface area (Å²) in [6.45, 7) is 5.93. The monoisotopic (exact) mass is 244 g/mol. The first-order valence-corrected chi connectivity index (χ1v) is 5.70. The van der Waals surface area contributed by atoms with Gasteiger partial charge >= 0.3 is 5.97 Å². The lowest BCUT2D eigenvalue weighted by Crippen LogP contribution is -2.08. The van der Waals surface area contributed by atoms with Crippen LogP contribution in [0.3, 0.4) is 0 Å². The lowest BCUT2D eigenvalue weighted by Gasteiger charge is -2.08. The second kappa shape index (κ2) is 6.45. The van der Waals surface area contributed by atoms with E-state index in [0.29, 0.717) is 0 Å². The summed E-state index contributed by atoms with van der Waals surface area (Å²) in [7, 11) is 0. The second-order valence-electron chi connectivity index (χ2n) is 3.78. The molecule has 0 saturated heterocycles. The van der Waals surface area contributed by atoms with Crippen LogP contribution in [0, 0.1) is 25.2 Å².